The van der Waals surface area contributed by atoms with Crippen molar-refractivity contribution >= 4 is 17.5 Å². The molecule has 0 aliphatic rings. The normalized spacial score (nSPS) is 10.5. The van der Waals surface area contributed by atoms with Gasteiger partial charge in [-0.2, -0.15) is 0 Å². The van der Waals surface area contributed by atoms with E-state index in [-0.39, 0.29) is 30.5 Å². The molecule has 2 amide bonds. The predicted octanol–water partition coefficient (Wildman–Crippen LogP) is 2.69. The topological polar surface area (TPSA) is 98.1 Å². The summed E-state index contributed by atoms with van der Waals surface area (Å²) in [6.07, 6.45) is 0. The molecule has 0 aliphatic heterocycles. The number of hydrogen-bond acceptors (Lipinski definition) is 5. The first-order chi connectivity index (χ1) is 14.5. The summed E-state index contributed by atoms with van der Waals surface area (Å²) in [5, 5.41) is 13.3. The first-order valence-electron chi connectivity index (χ1n) is 9.41. The lowest BCUT2D eigenvalue weighted by Gasteiger charge is -2.07. The van der Waals surface area contributed by atoms with Gasteiger partial charge in [0.15, 0.2) is 5.69 Å². The summed E-state index contributed by atoms with van der Waals surface area (Å²) in [5.41, 5.74) is 1.97. The molecule has 2 N–H and O–H groups in total. The van der Waals surface area contributed by atoms with Crippen LogP contribution in [0.15, 0.2) is 48.5 Å². The molecule has 9 heteroatoms. The zero-order valence-corrected chi connectivity index (χ0v) is 16.7. The Labute approximate surface area is 173 Å². The van der Waals surface area contributed by atoms with Crippen molar-refractivity contribution in [3.05, 3.63) is 71.3 Å². The minimum Gasteiger partial charge on any atom is -0.494 e. The number of hydrogen-bond donors (Lipinski definition) is 2. The van der Waals surface area contributed by atoms with Gasteiger partial charge in [0.2, 0.25) is 5.91 Å². The molecular weight excluding hydrogens is 389 g/mol. The molecule has 0 fully saturated rings. The molecule has 0 unspecified atom stereocenters. The molecule has 3 aromatic rings. The SMILES string of the molecule is CCOc1ccc(NC(=O)c2nnn(CC(=O)NCc3ccc(F)cc3)c2C)cc1. The van der Waals surface area contributed by atoms with Crippen molar-refractivity contribution < 1.29 is 18.7 Å². The highest BCUT2D eigenvalue weighted by molar-refractivity contribution is 6.03. The molecular formula is C21H22FN5O3. The highest BCUT2D eigenvalue weighted by Gasteiger charge is 2.18. The van der Waals surface area contributed by atoms with Gasteiger partial charge in [0.05, 0.1) is 12.3 Å². The number of carbonyl (C=O) groups is 2. The van der Waals surface area contributed by atoms with Crippen LogP contribution in [0.4, 0.5) is 10.1 Å². The number of amides is 2. The quantitative estimate of drug-likeness (QED) is 0.594. The average molecular weight is 411 g/mol. The summed E-state index contributed by atoms with van der Waals surface area (Å²) >= 11 is 0. The van der Waals surface area contributed by atoms with Gasteiger partial charge in [0, 0.05) is 12.2 Å². The lowest BCUT2D eigenvalue weighted by atomic mass is 10.2. The first-order valence-corrected chi connectivity index (χ1v) is 9.41. The monoisotopic (exact) mass is 411 g/mol. The van der Waals surface area contributed by atoms with E-state index in [0.717, 1.165) is 5.56 Å². The summed E-state index contributed by atoms with van der Waals surface area (Å²) in [4.78, 5) is 24.7. The second-order valence-corrected chi connectivity index (χ2v) is 6.50. The molecule has 30 heavy (non-hydrogen) atoms. The lowest BCUT2D eigenvalue weighted by molar-refractivity contribution is -0.122. The summed E-state index contributed by atoms with van der Waals surface area (Å²) in [7, 11) is 0. The van der Waals surface area contributed by atoms with Gasteiger partial charge < -0.3 is 15.4 Å². The third-order valence-electron chi connectivity index (χ3n) is 4.32. The number of benzene rings is 2. The molecule has 0 aliphatic carbocycles. The van der Waals surface area contributed by atoms with Gasteiger partial charge in [-0.15, -0.1) is 5.10 Å². The highest BCUT2D eigenvalue weighted by Crippen LogP contribution is 2.16. The largest absolute Gasteiger partial charge is 0.494 e. The van der Waals surface area contributed by atoms with Crippen molar-refractivity contribution in [1.82, 2.24) is 20.3 Å². The lowest BCUT2D eigenvalue weighted by Crippen LogP contribution is -2.28. The van der Waals surface area contributed by atoms with Gasteiger partial charge in [0.25, 0.3) is 5.91 Å². The van der Waals surface area contributed by atoms with Gasteiger partial charge >= 0.3 is 0 Å². The third kappa shape index (κ3) is 5.40. The van der Waals surface area contributed by atoms with Crippen molar-refractivity contribution in [2.24, 2.45) is 0 Å². The third-order valence-corrected chi connectivity index (χ3v) is 4.32. The van der Waals surface area contributed by atoms with Crippen LogP contribution in [0.2, 0.25) is 0 Å². The number of ether oxygens (including phenoxy) is 1. The Hall–Kier alpha value is -3.75. The average Bonchev–Trinajstić information content (AvgIpc) is 3.09. The Morgan fingerprint density at radius 3 is 2.47 bits per heavy atom. The number of nitrogens with one attached hydrogen (secondary N) is 2. The van der Waals surface area contributed by atoms with E-state index in [4.69, 9.17) is 4.74 Å². The molecule has 0 saturated carbocycles. The van der Waals surface area contributed by atoms with Gasteiger partial charge in [-0.1, -0.05) is 17.3 Å². The van der Waals surface area contributed by atoms with Crippen LogP contribution in [0, 0.1) is 12.7 Å². The molecule has 0 saturated heterocycles. The van der Waals surface area contributed by atoms with Crippen LogP contribution in [0.5, 0.6) is 5.75 Å². The Balaban J connectivity index is 1.57. The van der Waals surface area contributed by atoms with E-state index >= 15 is 0 Å². The zero-order valence-electron chi connectivity index (χ0n) is 16.7. The molecule has 0 atom stereocenters. The summed E-state index contributed by atoms with van der Waals surface area (Å²) in [6, 6.07) is 12.8. The van der Waals surface area contributed by atoms with E-state index in [2.05, 4.69) is 20.9 Å². The van der Waals surface area contributed by atoms with Crippen LogP contribution in [0.25, 0.3) is 0 Å². The van der Waals surface area contributed by atoms with Crippen LogP contribution in [0.1, 0.15) is 28.7 Å². The van der Waals surface area contributed by atoms with Crippen molar-refractivity contribution in [2.45, 2.75) is 26.9 Å². The maximum atomic E-state index is 12.9. The first kappa shape index (κ1) is 21.0. The number of rotatable bonds is 8. The van der Waals surface area contributed by atoms with E-state index in [1.807, 2.05) is 6.92 Å². The molecule has 2 aromatic carbocycles. The number of nitrogens with zero attached hydrogens (tertiary/aromatic N) is 3. The number of aromatic nitrogens is 3. The number of carbonyl (C=O) groups excluding carboxylic acids is 2. The summed E-state index contributed by atoms with van der Waals surface area (Å²) in [6.45, 7) is 4.30. The highest BCUT2D eigenvalue weighted by atomic mass is 19.1. The van der Waals surface area contributed by atoms with Crippen molar-refractivity contribution in [3.63, 3.8) is 0 Å². The second-order valence-electron chi connectivity index (χ2n) is 6.50. The smallest absolute Gasteiger partial charge is 0.278 e. The molecule has 0 bridgehead atoms. The molecule has 3 rings (SSSR count). The molecule has 0 spiro atoms. The molecule has 8 nitrogen and oxygen atoms in total. The fourth-order valence-electron chi connectivity index (χ4n) is 2.71. The summed E-state index contributed by atoms with van der Waals surface area (Å²) < 4.78 is 19.7. The van der Waals surface area contributed by atoms with Crippen molar-refractivity contribution in [1.29, 1.82) is 0 Å². The van der Waals surface area contributed by atoms with Crippen LogP contribution >= 0.6 is 0 Å². The number of anilines is 1. The van der Waals surface area contributed by atoms with Crippen LogP contribution in [-0.4, -0.2) is 33.4 Å². The standard InChI is InChI=1S/C21H22FN5O3/c1-3-30-18-10-8-17(9-11-18)24-21(29)20-14(2)27(26-25-20)13-19(28)23-12-15-4-6-16(22)7-5-15/h4-11H,3,12-13H2,1-2H3,(H,23,28)(H,24,29). The minimum atomic E-state index is -0.422. The molecule has 1 aromatic heterocycles. The van der Waals surface area contributed by atoms with E-state index < -0.39 is 5.91 Å². The predicted molar refractivity (Wildman–Crippen MR) is 109 cm³/mol. The second kappa shape index (κ2) is 9.64. The fourth-order valence-corrected chi connectivity index (χ4v) is 2.71. The maximum absolute atomic E-state index is 12.9. The van der Waals surface area contributed by atoms with Crippen LogP contribution in [-0.2, 0) is 17.9 Å². The Morgan fingerprint density at radius 1 is 1.10 bits per heavy atom. The van der Waals surface area contributed by atoms with Gasteiger partial charge in [-0.3, -0.25) is 9.59 Å². The van der Waals surface area contributed by atoms with Crippen LogP contribution in [0.3, 0.4) is 0 Å². The van der Waals surface area contributed by atoms with Crippen molar-refractivity contribution in [3.8, 4) is 5.75 Å². The van der Waals surface area contributed by atoms with E-state index in [9.17, 15) is 14.0 Å². The molecule has 0 radical (unpaired) electrons. The fraction of sp³-hybridized carbons (Fsp3) is 0.238. The maximum Gasteiger partial charge on any atom is 0.278 e. The van der Waals surface area contributed by atoms with Gasteiger partial charge in [0.1, 0.15) is 18.1 Å². The number of halogens is 1. The minimum absolute atomic E-state index is 0.0869. The van der Waals surface area contributed by atoms with E-state index in [0.29, 0.717) is 23.7 Å². The Kier molecular flexibility index (Phi) is 6.74. The van der Waals surface area contributed by atoms with Gasteiger partial charge in [-0.05, 0) is 55.8 Å². The van der Waals surface area contributed by atoms with E-state index in [1.165, 1.54) is 16.8 Å². The van der Waals surface area contributed by atoms with Crippen LogP contribution < -0.4 is 15.4 Å². The van der Waals surface area contributed by atoms with E-state index in [1.54, 1.807) is 43.3 Å². The zero-order chi connectivity index (χ0) is 21.5. The summed E-state index contributed by atoms with van der Waals surface area (Å²) in [5.74, 6) is -0.343. The Morgan fingerprint density at radius 2 is 1.80 bits per heavy atom. The van der Waals surface area contributed by atoms with Crippen molar-refractivity contribution in [2.75, 3.05) is 11.9 Å². The molecule has 156 valence electrons. The molecule has 1 heterocycles. The van der Waals surface area contributed by atoms with Gasteiger partial charge in [-0.25, -0.2) is 9.07 Å². The Bertz CT molecular complexity index is 1020.